The molecule has 1 radical (unpaired) electrons. The van der Waals surface area contributed by atoms with E-state index >= 15 is 0 Å². The van der Waals surface area contributed by atoms with Crippen molar-refractivity contribution in [3.8, 4) is 11.1 Å². The number of anilines is 1. The fourth-order valence-corrected chi connectivity index (χ4v) is 2.78. The van der Waals surface area contributed by atoms with Crippen LogP contribution in [0.2, 0.25) is 0 Å². The number of pyridine rings is 1. The molecule has 0 saturated heterocycles. The van der Waals surface area contributed by atoms with Crippen LogP contribution in [0.25, 0.3) is 11.1 Å². The molecule has 0 saturated carbocycles. The van der Waals surface area contributed by atoms with Crippen molar-refractivity contribution in [3.63, 3.8) is 0 Å². The molecule has 3 aromatic rings. The Hall–Kier alpha value is -1.84. The summed E-state index contributed by atoms with van der Waals surface area (Å²) < 4.78 is 1.91. The van der Waals surface area contributed by atoms with Gasteiger partial charge in [-0.1, -0.05) is 48.5 Å². The molecule has 1 N–H and O–H groups in total. The van der Waals surface area contributed by atoms with Crippen LogP contribution in [0.3, 0.4) is 0 Å². The van der Waals surface area contributed by atoms with Crippen molar-refractivity contribution < 1.29 is 42.1 Å². The zero-order valence-electron chi connectivity index (χ0n) is 14.6. The number of aryl methyl sites for hydroxylation is 2. The Morgan fingerprint density at radius 1 is 0.880 bits per heavy atom. The minimum Gasteiger partial charge on any atom is -0.320 e. The molecule has 3 rings (SSSR count). The first-order valence-corrected chi connectivity index (χ1v) is 8.04. The van der Waals surface area contributed by atoms with E-state index in [1.54, 1.807) is 0 Å². The molecule has 123 valence electrons. The van der Waals surface area contributed by atoms with E-state index in [4.69, 9.17) is 0 Å². The second-order valence-corrected chi connectivity index (χ2v) is 5.95. The summed E-state index contributed by atoms with van der Waals surface area (Å²) in [6, 6.07) is 20.2. The molecule has 0 unspecified atom stereocenters. The molecule has 1 heterocycles. The molecule has 2 aromatic carbocycles. The van der Waals surface area contributed by atoms with E-state index in [1.807, 2.05) is 73.3 Å². The second-order valence-electron chi connectivity index (χ2n) is 5.95. The van der Waals surface area contributed by atoms with Gasteiger partial charge in [0.1, 0.15) is 0 Å². The number of nitrogens with zero attached hydrogens (tertiary/aromatic N) is 1. The summed E-state index contributed by atoms with van der Waals surface area (Å²) in [7, 11) is 0. The molecule has 0 aliphatic carbocycles. The van der Waals surface area contributed by atoms with Crippen molar-refractivity contribution in [1.82, 2.24) is 0 Å². The molecule has 0 spiro atoms. The molecule has 0 fully saturated rings. The maximum Gasteiger partial charge on any atom is 0.290 e. The van der Waals surface area contributed by atoms with Crippen LogP contribution >= 0.6 is 0 Å². The number of amides is 1. The van der Waals surface area contributed by atoms with Crippen molar-refractivity contribution in [2.24, 2.45) is 0 Å². The van der Waals surface area contributed by atoms with Gasteiger partial charge in [-0.2, -0.15) is 4.57 Å². The number of carbonyl (C=O) groups excluding carboxylic acids is 1. The summed E-state index contributed by atoms with van der Waals surface area (Å²) in [5, 5.41) is 3.03. The number of aromatic nitrogens is 1. The maximum atomic E-state index is 12.4. The smallest absolute Gasteiger partial charge is 0.290 e. The molecule has 0 bridgehead atoms. The topological polar surface area (TPSA) is 33.0 Å². The van der Waals surface area contributed by atoms with Crippen molar-refractivity contribution in [3.05, 3.63) is 84.2 Å². The Morgan fingerprint density at radius 3 is 2.20 bits per heavy atom. The Labute approximate surface area is 174 Å². The maximum absolute atomic E-state index is 12.4. The molecule has 0 aliphatic rings. The third-order valence-electron chi connectivity index (χ3n) is 4.04. The van der Waals surface area contributed by atoms with E-state index in [0.29, 0.717) is 0 Å². The number of benzene rings is 2. The van der Waals surface area contributed by atoms with Gasteiger partial charge in [0.15, 0.2) is 12.4 Å². The molecule has 3 nitrogen and oxygen atoms in total. The monoisotopic (exact) mass is 406 g/mol. The molecular formula is C21H21N2OY+. The normalized spacial score (nSPS) is 10.0. The van der Waals surface area contributed by atoms with E-state index in [1.165, 1.54) is 0 Å². The Bertz CT molecular complexity index is 843. The van der Waals surface area contributed by atoms with E-state index in [9.17, 15) is 4.79 Å². The van der Waals surface area contributed by atoms with Crippen molar-refractivity contribution in [2.45, 2.75) is 20.4 Å². The number of nitrogens with one attached hydrogen (secondary N) is 1. The van der Waals surface area contributed by atoms with Crippen LogP contribution in [0.5, 0.6) is 0 Å². The third-order valence-corrected chi connectivity index (χ3v) is 4.04. The minimum absolute atomic E-state index is 0. The Balaban J connectivity index is 0.00000225. The van der Waals surface area contributed by atoms with Gasteiger partial charge in [0.2, 0.25) is 6.54 Å². The summed E-state index contributed by atoms with van der Waals surface area (Å²) in [4.78, 5) is 12.4. The summed E-state index contributed by atoms with van der Waals surface area (Å²) in [5.74, 6) is -0.0254. The first-order valence-electron chi connectivity index (χ1n) is 8.04. The van der Waals surface area contributed by atoms with Crippen LogP contribution in [0.1, 0.15) is 11.1 Å². The van der Waals surface area contributed by atoms with Crippen LogP contribution in [-0.2, 0) is 44.0 Å². The fraction of sp³-hybridized carbons (Fsp3) is 0.143. The molecule has 1 amide bonds. The predicted molar refractivity (Wildman–Crippen MR) is 96.6 cm³/mol. The van der Waals surface area contributed by atoms with E-state index in [2.05, 4.69) is 23.5 Å². The van der Waals surface area contributed by atoms with Crippen LogP contribution < -0.4 is 9.88 Å². The molecule has 1 aromatic heterocycles. The zero-order valence-corrected chi connectivity index (χ0v) is 17.4. The third kappa shape index (κ3) is 5.07. The number of hydrogen-bond donors (Lipinski definition) is 1. The van der Waals surface area contributed by atoms with Crippen molar-refractivity contribution in [1.29, 1.82) is 0 Å². The van der Waals surface area contributed by atoms with Gasteiger partial charge in [-0.15, -0.1) is 0 Å². The van der Waals surface area contributed by atoms with Gasteiger partial charge in [-0.25, -0.2) is 0 Å². The SMILES string of the molecule is Cc1cccc(C)c1NC(=O)C[n+]1cccc(-c2ccccc2)c1.[Y]. The summed E-state index contributed by atoms with van der Waals surface area (Å²) in [6.45, 7) is 4.30. The predicted octanol–water partition coefficient (Wildman–Crippen LogP) is 3.89. The summed E-state index contributed by atoms with van der Waals surface area (Å²) in [5.41, 5.74) is 5.29. The number of carbonyl (C=O) groups is 1. The fourth-order valence-electron chi connectivity index (χ4n) is 2.78. The van der Waals surface area contributed by atoms with Crippen LogP contribution in [0, 0.1) is 13.8 Å². The van der Waals surface area contributed by atoms with Crippen molar-refractivity contribution in [2.75, 3.05) is 5.32 Å². The minimum atomic E-state index is -0.0254. The Morgan fingerprint density at radius 2 is 1.52 bits per heavy atom. The standard InChI is InChI=1S/C21H20N2O.Y/c1-16-8-6-9-17(2)21(16)22-20(24)15-23-13-7-12-19(14-23)18-10-4-3-5-11-18;/h3-14H,15H2,1-2H3;/p+1. The van der Waals surface area contributed by atoms with E-state index in [-0.39, 0.29) is 45.2 Å². The first kappa shape index (κ1) is 19.5. The van der Waals surface area contributed by atoms with Gasteiger partial charge in [-0.05, 0) is 36.6 Å². The largest absolute Gasteiger partial charge is 0.320 e. The van der Waals surface area contributed by atoms with Crippen LogP contribution in [-0.4, -0.2) is 5.91 Å². The molecule has 25 heavy (non-hydrogen) atoms. The van der Waals surface area contributed by atoms with E-state index in [0.717, 1.165) is 27.9 Å². The van der Waals surface area contributed by atoms with Gasteiger partial charge in [0.25, 0.3) is 5.91 Å². The average molecular weight is 406 g/mol. The Kier molecular flexibility index (Phi) is 7.04. The van der Waals surface area contributed by atoms with Gasteiger partial charge >= 0.3 is 0 Å². The summed E-state index contributed by atoms with van der Waals surface area (Å²) >= 11 is 0. The van der Waals surface area contributed by atoms with Crippen molar-refractivity contribution >= 4 is 11.6 Å². The number of para-hydroxylation sites is 1. The van der Waals surface area contributed by atoms with Gasteiger partial charge in [0, 0.05) is 50.0 Å². The number of hydrogen-bond acceptors (Lipinski definition) is 1. The van der Waals surface area contributed by atoms with Crippen LogP contribution in [0.15, 0.2) is 73.1 Å². The molecule has 0 atom stereocenters. The first-order chi connectivity index (χ1) is 11.6. The quantitative estimate of drug-likeness (QED) is 0.656. The molecule has 0 aliphatic heterocycles. The van der Waals surface area contributed by atoms with Gasteiger partial charge < -0.3 is 5.32 Å². The summed E-state index contributed by atoms with van der Waals surface area (Å²) in [6.07, 6.45) is 3.91. The molecule has 4 heteroatoms. The number of rotatable bonds is 4. The average Bonchev–Trinajstić information content (AvgIpc) is 2.59. The van der Waals surface area contributed by atoms with Gasteiger partial charge in [-0.3, -0.25) is 4.79 Å². The van der Waals surface area contributed by atoms with Gasteiger partial charge in [0.05, 0.1) is 0 Å². The zero-order chi connectivity index (χ0) is 16.9. The van der Waals surface area contributed by atoms with E-state index < -0.39 is 0 Å². The molecular weight excluding hydrogens is 385 g/mol. The van der Waals surface area contributed by atoms with Crippen LogP contribution in [0.4, 0.5) is 5.69 Å². The second kappa shape index (κ2) is 9.03.